The van der Waals surface area contributed by atoms with Crippen LogP contribution in [-0.2, 0) is 133 Å². The molecule has 0 aromatic heterocycles. The van der Waals surface area contributed by atoms with Gasteiger partial charge in [-0.05, 0) is 6.92 Å². The SMILES string of the molecule is CC(=O)N[C@@H]1[C@@H](O)[C@H](O[C@@H]2O[C@H](CO)[C@@H](O[C@@H]3O[C@H](CO[C@H]4O[C@H](CO[C@@H]5O[C@H](CO)[C@@H](O[C@@H]6O[C@H](CO)[C@H](O)[C@H](O)[C@H]6O)[C@H](O)[C@H]5NC(C)=O)[C@@H](O)[C@H](O)[C@@H]4O[C@@H]4O[C@H](CO)[C@@H](O[C@@H]5O[C@H](CO)[C@H](O)[C@H](O)[C@H]5O)[C@H](O)[C@H]4NC(C)=O)[C@@H](O)[C@H](O[C@H]4O[C@H](CO)[C@@H](O)[C@H](O)[C@@H]4O[C@@H]4O[C@H](CO)[C@@H](O[C@@H]5O[C@H](CO)[C@H](O)[C@H](O)[C@H]5O[C@@H]5O[C@@H](C)[C@@H](O)[C@@H](O)[C@@H]5O)[C@H](O)[C@H]4NC(C)=O)[C@@H]3O)[C@H](O)[C@H]2NC(C)=O)[C@@H](CO)O[C@H]1O. The van der Waals surface area contributed by atoms with Crippen molar-refractivity contribution in [2.24, 2.45) is 0 Å². The molecule has 65 heteroatoms. The van der Waals surface area contributed by atoms with Gasteiger partial charge in [-0.2, -0.15) is 0 Å². The van der Waals surface area contributed by atoms with Crippen molar-refractivity contribution in [1.29, 1.82) is 0 Å². The molecule has 0 bridgehead atoms. The zero-order valence-corrected chi connectivity index (χ0v) is 79.2. The minimum atomic E-state index is -2.74. The molecule has 65 nitrogen and oxygen atoms in total. The first-order valence-corrected chi connectivity index (χ1v) is 47.0. The van der Waals surface area contributed by atoms with Gasteiger partial charge in [-0.25, -0.2) is 0 Å². The van der Waals surface area contributed by atoms with Crippen LogP contribution in [0.15, 0.2) is 0 Å². The normalized spacial score (nSPS) is 49.6. The summed E-state index contributed by atoms with van der Waals surface area (Å²) in [7, 11) is 0. The van der Waals surface area contributed by atoms with Crippen molar-refractivity contribution in [3.05, 3.63) is 0 Å². The number of nitrogens with one attached hydrogen (secondary N) is 5. The second-order valence-electron chi connectivity index (χ2n) is 37.3. The predicted molar refractivity (Wildman–Crippen MR) is 452 cm³/mol. The molecule has 0 aliphatic carbocycles. The third-order valence-electron chi connectivity index (χ3n) is 27.0. The van der Waals surface area contributed by atoms with E-state index in [0.717, 1.165) is 34.6 Å². The molecule has 0 radical (unpaired) electrons. The van der Waals surface area contributed by atoms with Crippen LogP contribution < -0.4 is 26.6 Å². The van der Waals surface area contributed by atoms with Gasteiger partial charge in [0.05, 0.1) is 78.8 Å². The Hall–Kier alpha value is -4.85. The van der Waals surface area contributed by atoms with Crippen molar-refractivity contribution in [2.45, 2.75) is 410 Å². The summed E-state index contributed by atoms with van der Waals surface area (Å²) in [5.74, 6) is -4.90. The van der Waals surface area contributed by atoms with Crippen LogP contribution in [0.25, 0.3) is 0 Å². The van der Waals surface area contributed by atoms with E-state index in [-0.39, 0.29) is 0 Å². The molecule has 60 atom stereocenters. The number of ether oxygens (including phenoxy) is 23. The van der Waals surface area contributed by atoms with Gasteiger partial charge >= 0.3 is 0 Å². The fourth-order valence-electron chi connectivity index (χ4n) is 19.1. The number of rotatable bonds is 38. The Bertz CT molecular complexity index is 4110. The molecule has 12 fully saturated rings. The van der Waals surface area contributed by atoms with Crippen LogP contribution in [-0.4, -0.2) is 634 Å². The maximum absolute atomic E-state index is 13.4. The van der Waals surface area contributed by atoms with Crippen LogP contribution in [0.2, 0.25) is 0 Å². The Balaban J connectivity index is 0.907. The lowest BCUT2D eigenvalue weighted by Crippen LogP contribution is -2.71. The summed E-state index contributed by atoms with van der Waals surface area (Å²) in [6.45, 7) is -7.15. The zero-order valence-electron chi connectivity index (χ0n) is 79.2. The fraction of sp³-hybridized carbons (Fsp3) is 0.939. The van der Waals surface area contributed by atoms with Gasteiger partial charge in [0.25, 0.3) is 0 Å². The molecule has 12 rings (SSSR count). The fourth-order valence-corrected chi connectivity index (χ4v) is 19.1. The lowest BCUT2D eigenvalue weighted by atomic mass is 9.93. The summed E-state index contributed by atoms with van der Waals surface area (Å²) in [4.78, 5) is 65.3. The first-order valence-electron chi connectivity index (χ1n) is 47.0. The quantitative estimate of drug-likeness (QED) is 0.0273. The molecular formula is C82H137N5O60. The van der Waals surface area contributed by atoms with E-state index < -0.39 is 470 Å². The molecule has 0 aromatic rings. The van der Waals surface area contributed by atoms with Crippen LogP contribution in [0.3, 0.4) is 0 Å². The summed E-state index contributed by atoms with van der Waals surface area (Å²) in [5.41, 5.74) is 0. The third-order valence-corrected chi connectivity index (χ3v) is 27.0. The highest BCUT2D eigenvalue weighted by atomic mass is 16.8. The maximum Gasteiger partial charge on any atom is 0.217 e. The van der Waals surface area contributed by atoms with Crippen LogP contribution in [0.1, 0.15) is 41.5 Å². The van der Waals surface area contributed by atoms with Gasteiger partial charge in [-0.3, -0.25) is 24.0 Å². The van der Waals surface area contributed by atoms with E-state index in [1.165, 1.54) is 6.92 Å². The molecule has 0 saturated carbocycles. The molecule has 37 N–H and O–H groups in total. The van der Waals surface area contributed by atoms with E-state index in [2.05, 4.69) is 26.6 Å². The highest BCUT2D eigenvalue weighted by molar-refractivity contribution is 5.75. The molecular weight excluding hydrogens is 2010 g/mol. The molecule has 0 spiro atoms. The maximum atomic E-state index is 13.4. The lowest BCUT2D eigenvalue weighted by molar-refractivity contribution is -0.402. The second kappa shape index (κ2) is 52.8. The molecule has 5 amide bonds. The van der Waals surface area contributed by atoms with E-state index in [9.17, 15) is 187 Å². The molecule has 12 saturated heterocycles. The molecule has 0 aromatic carbocycles. The Morgan fingerprint density at radius 2 is 0.408 bits per heavy atom. The first kappa shape index (κ1) is 121. The van der Waals surface area contributed by atoms with E-state index in [1.54, 1.807) is 0 Å². The van der Waals surface area contributed by atoms with Gasteiger partial charge < -0.3 is 299 Å². The number of carbonyl (C=O) groups excluding carboxylic acids is 5. The van der Waals surface area contributed by atoms with Crippen LogP contribution >= 0.6 is 0 Å². The molecule has 12 aliphatic rings. The van der Waals surface area contributed by atoms with E-state index in [4.69, 9.17) is 109 Å². The zero-order chi connectivity index (χ0) is 108. The molecule has 12 aliphatic heterocycles. The van der Waals surface area contributed by atoms with Gasteiger partial charge in [0.1, 0.15) is 287 Å². The highest BCUT2D eigenvalue weighted by Gasteiger charge is 2.64. The van der Waals surface area contributed by atoms with Crippen molar-refractivity contribution in [1.82, 2.24) is 26.6 Å². The van der Waals surface area contributed by atoms with Crippen LogP contribution in [0.5, 0.6) is 0 Å². The Labute approximate surface area is 832 Å². The molecule has 850 valence electrons. The van der Waals surface area contributed by atoms with E-state index >= 15 is 0 Å². The molecule has 147 heavy (non-hydrogen) atoms. The van der Waals surface area contributed by atoms with Crippen molar-refractivity contribution in [2.75, 3.05) is 72.7 Å². The monoisotopic (exact) mass is 2150 g/mol. The minimum Gasteiger partial charge on any atom is -0.394 e. The summed E-state index contributed by atoms with van der Waals surface area (Å²) in [5, 5.41) is 374. The number of amides is 5. The lowest BCUT2D eigenvalue weighted by Gasteiger charge is -2.51. The topological polar surface area (TPSA) is 1010 Å². The van der Waals surface area contributed by atoms with Gasteiger partial charge in [0.15, 0.2) is 75.5 Å². The van der Waals surface area contributed by atoms with Crippen LogP contribution in [0, 0.1) is 0 Å². The minimum absolute atomic E-state index is 0.839. The average molecular weight is 2150 g/mol. The van der Waals surface area contributed by atoms with Crippen molar-refractivity contribution in [3.63, 3.8) is 0 Å². The molecule has 0 unspecified atom stereocenters. The van der Waals surface area contributed by atoms with Crippen molar-refractivity contribution >= 4 is 29.5 Å². The van der Waals surface area contributed by atoms with Gasteiger partial charge in [0.2, 0.25) is 29.5 Å². The summed E-state index contributed by atoms with van der Waals surface area (Å²) < 4.78 is 138. The predicted octanol–water partition coefficient (Wildman–Crippen LogP) is -25.4. The number of hydrogen-bond acceptors (Lipinski definition) is 60. The Morgan fingerprint density at radius 1 is 0.190 bits per heavy atom. The average Bonchev–Trinajstić information content (AvgIpc) is 0.762. The van der Waals surface area contributed by atoms with E-state index in [0.29, 0.717) is 0 Å². The van der Waals surface area contributed by atoms with Gasteiger partial charge in [-0.1, -0.05) is 0 Å². The first-order chi connectivity index (χ1) is 69.5. The summed E-state index contributed by atoms with van der Waals surface area (Å²) >= 11 is 0. The van der Waals surface area contributed by atoms with Crippen molar-refractivity contribution < 1.29 is 296 Å². The Morgan fingerprint density at radius 3 is 0.762 bits per heavy atom. The number of aliphatic hydroxyl groups is 32. The van der Waals surface area contributed by atoms with E-state index in [1.807, 2.05) is 0 Å². The second-order valence-corrected chi connectivity index (χ2v) is 37.3. The third kappa shape index (κ3) is 26.8. The van der Waals surface area contributed by atoms with Crippen LogP contribution in [0.4, 0.5) is 0 Å². The van der Waals surface area contributed by atoms with Gasteiger partial charge in [-0.15, -0.1) is 0 Å². The summed E-state index contributed by atoms with van der Waals surface area (Å²) in [6, 6.07) is -9.86. The van der Waals surface area contributed by atoms with Crippen molar-refractivity contribution in [3.8, 4) is 0 Å². The largest absolute Gasteiger partial charge is 0.394 e. The smallest absolute Gasteiger partial charge is 0.217 e. The number of hydrogen-bond donors (Lipinski definition) is 37. The Kier molecular flexibility index (Phi) is 43.4. The van der Waals surface area contributed by atoms with Gasteiger partial charge in [0, 0.05) is 34.6 Å². The summed E-state index contributed by atoms with van der Waals surface area (Å²) in [6.07, 6.45) is -119. The number of carbonyl (C=O) groups is 5. The molecule has 12 heterocycles. The highest BCUT2D eigenvalue weighted by Crippen LogP contribution is 2.43. The number of aliphatic hydroxyl groups excluding tert-OH is 32. The standard InChI is InChI=1S/C82H137N5O60/c1-18-40(102)52(114)58(120)76(127-18)147-70-56(118)44(106)26(9-90)131-81(70)143-66-32(15-96)136-75(39(51(66)113)87-23(6)101)146-69-55(117)43(105)27(10-91)132-82(69)144-67-46(108)34(137-79(61(67)123)142-65-31(14-95)134-73(37(49(65)111)85-21(4)99)139-62-28(11-92)128-71(124)35(47(62)109)83-19(2)97)17-126-80-68(145-74-38(86-22(5)100)50(112)64(30(13-94)135-74)141-78-60(122)54(116)42(104)25(8-89)130-78)57(119)45(107)33(138-80)16-125-72-36(84-20(3)98)48(110)63(29(12-93)133-72)140-77-59(121)53(115)41(103)24(7-88)129-77/h18,24-82,88-96,102-124H,7-17H2,1-6H3,(H,83,97)(H,84,98)(H,85,99)(H,86,100)(H,87,101)/t18-,24+,25+,26+,27+,28+,29+,30+,31+,32+,33+,34+,35+,36+,37+,38+,39+,40+,41-,42-,43+,44-,45+,46+,47+,48+,49+,50+,51+,52+,53-,54-,55-,56-,57-,58-,59+,60+,61-,62+,63+,64+,65+,66+,67-,68-,69-,70+,71+,72+,73-,74-,75-,76-,77-,78-,79-,80-,81-,82+/m0/s1.